The van der Waals surface area contributed by atoms with E-state index in [1.807, 2.05) is 23.6 Å². The monoisotopic (exact) mass is 368 g/mol. The van der Waals surface area contributed by atoms with Crippen LogP contribution in [-0.4, -0.2) is 78.6 Å². The van der Waals surface area contributed by atoms with Gasteiger partial charge in [-0.2, -0.15) is 0 Å². The van der Waals surface area contributed by atoms with Gasteiger partial charge >= 0.3 is 6.03 Å². The summed E-state index contributed by atoms with van der Waals surface area (Å²) in [5.74, 6) is 0.0493. The van der Waals surface area contributed by atoms with Crippen LogP contribution in [0.1, 0.15) is 46.5 Å². The van der Waals surface area contributed by atoms with Gasteiger partial charge in [0, 0.05) is 45.6 Å². The van der Waals surface area contributed by atoms with Gasteiger partial charge in [0.1, 0.15) is 0 Å². The van der Waals surface area contributed by atoms with Crippen LogP contribution in [0, 0.1) is 0 Å². The maximum atomic E-state index is 12.3. The molecular weight excluding hydrogens is 336 g/mol. The molecule has 0 bridgehead atoms. The zero-order valence-corrected chi connectivity index (χ0v) is 16.2. The molecule has 2 aliphatic heterocycles. The fourth-order valence-electron chi connectivity index (χ4n) is 3.48. The molecule has 8 heteroatoms. The minimum Gasteiger partial charge on any atom is -0.371 e. The number of likely N-dealkylation sites (tertiary alicyclic amines) is 1. The molecule has 0 aliphatic carbocycles. The fourth-order valence-corrected chi connectivity index (χ4v) is 3.48. The molecule has 0 aromatic heterocycles. The van der Waals surface area contributed by atoms with E-state index in [-0.39, 0.29) is 29.5 Å². The zero-order chi connectivity index (χ0) is 19.2. The number of urea groups is 1. The molecule has 0 aromatic carbocycles. The summed E-state index contributed by atoms with van der Waals surface area (Å²) < 4.78 is 6.04. The van der Waals surface area contributed by atoms with Gasteiger partial charge in [0.15, 0.2) is 0 Å². The van der Waals surface area contributed by atoms with Crippen molar-refractivity contribution in [3.63, 3.8) is 0 Å². The lowest BCUT2D eigenvalue weighted by molar-refractivity contribution is -0.146. The summed E-state index contributed by atoms with van der Waals surface area (Å²) in [6, 6.07) is 0.0670. The molecule has 0 radical (unpaired) electrons. The highest BCUT2D eigenvalue weighted by molar-refractivity contribution is 5.77. The maximum absolute atomic E-state index is 12.3. The van der Waals surface area contributed by atoms with Gasteiger partial charge in [0.05, 0.1) is 18.8 Å². The lowest BCUT2D eigenvalue weighted by atomic mass is 9.89. The summed E-state index contributed by atoms with van der Waals surface area (Å²) in [7, 11) is 0. The number of nitrogens with one attached hydrogen (secondary N) is 2. The molecule has 148 valence electrons. The molecule has 0 atom stereocenters. The third-order valence-electron chi connectivity index (χ3n) is 4.92. The molecule has 2 heterocycles. The first-order valence-corrected chi connectivity index (χ1v) is 9.53. The number of ether oxygens (including phenoxy) is 1. The van der Waals surface area contributed by atoms with E-state index in [1.54, 1.807) is 0 Å². The quantitative estimate of drug-likeness (QED) is 0.700. The predicted molar refractivity (Wildman–Crippen MR) is 97.7 cm³/mol. The molecule has 2 fully saturated rings. The van der Waals surface area contributed by atoms with Crippen molar-refractivity contribution < 1.29 is 19.1 Å². The van der Waals surface area contributed by atoms with E-state index in [1.165, 1.54) is 6.92 Å². The number of carbonyl (C=O) groups excluding carboxylic acids is 3. The van der Waals surface area contributed by atoms with E-state index >= 15 is 0 Å². The Balaban J connectivity index is 1.78. The van der Waals surface area contributed by atoms with Crippen molar-refractivity contribution in [1.29, 1.82) is 0 Å². The second kappa shape index (κ2) is 9.21. The average molecular weight is 368 g/mol. The minimum atomic E-state index is -0.334. The Bertz CT molecular complexity index is 515. The lowest BCUT2D eigenvalue weighted by Gasteiger charge is -2.47. The molecular formula is C18H32N4O4. The van der Waals surface area contributed by atoms with Gasteiger partial charge in [-0.15, -0.1) is 0 Å². The molecule has 2 saturated heterocycles. The Kier molecular flexibility index (Phi) is 7.25. The Labute approximate surface area is 155 Å². The predicted octanol–water partition coefficient (Wildman–Crippen LogP) is 0.714. The highest BCUT2D eigenvalue weighted by atomic mass is 16.5. The number of rotatable bonds is 5. The van der Waals surface area contributed by atoms with Gasteiger partial charge in [0.25, 0.3) is 0 Å². The first-order valence-electron chi connectivity index (χ1n) is 9.53. The number of amides is 4. The average Bonchev–Trinajstić information content (AvgIpc) is 2.58. The normalized spacial score (nSPS) is 19.5. The number of hydrogen-bond acceptors (Lipinski definition) is 4. The number of morpholine rings is 1. The smallest absolute Gasteiger partial charge is 0.317 e. The van der Waals surface area contributed by atoms with E-state index < -0.39 is 0 Å². The summed E-state index contributed by atoms with van der Waals surface area (Å²) in [6.07, 6.45) is 2.59. The van der Waals surface area contributed by atoms with E-state index in [0.717, 1.165) is 12.8 Å². The van der Waals surface area contributed by atoms with Crippen molar-refractivity contribution in [3.8, 4) is 0 Å². The minimum absolute atomic E-state index is 0.0425. The van der Waals surface area contributed by atoms with Crippen molar-refractivity contribution in [3.05, 3.63) is 0 Å². The van der Waals surface area contributed by atoms with Gasteiger partial charge in [-0.3, -0.25) is 9.59 Å². The second-order valence-corrected chi connectivity index (χ2v) is 7.52. The molecule has 2 N–H and O–H groups in total. The topological polar surface area (TPSA) is 91.0 Å². The third kappa shape index (κ3) is 5.86. The molecule has 8 nitrogen and oxygen atoms in total. The molecule has 2 aliphatic rings. The van der Waals surface area contributed by atoms with Gasteiger partial charge < -0.3 is 25.2 Å². The van der Waals surface area contributed by atoms with Gasteiger partial charge in [-0.05, 0) is 33.1 Å². The van der Waals surface area contributed by atoms with E-state index in [0.29, 0.717) is 52.2 Å². The molecule has 0 aromatic rings. The Morgan fingerprint density at radius 3 is 2.42 bits per heavy atom. The fraction of sp³-hybridized carbons (Fsp3) is 0.833. The van der Waals surface area contributed by atoms with Crippen LogP contribution < -0.4 is 10.6 Å². The van der Waals surface area contributed by atoms with E-state index in [9.17, 15) is 14.4 Å². The number of nitrogens with zero attached hydrogens (tertiary/aromatic N) is 2. The molecule has 0 saturated carbocycles. The van der Waals surface area contributed by atoms with Gasteiger partial charge in [-0.1, -0.05) is 0 Å². The highest BCUT2D eigenvalue weighted by Crippen LogP contribution is 2.30. The number of carbonyl (C=O) groups is 3. The SMILES string of the molecule is CC(=O)NCCCC(=O)N1CCC2(CC1)CN(C(=O)NC(C)C)CCO2. The standard InChI is InChI=1S/C18H32N4O4/c1-14(2)20-17(25)22-11-12-26-18(13-22)6-9-21(10-7-18)16(24)5-4-8-19-15(3)23/h14H,4-13H2,1-3H3,(H,19,23)(H,20,25). The lowest BCUT2D eigenvalue weighted by Crippen LogP contribution is -2.60. The molecule has 1 spiro atoms. The van der Waals surface area contributed by atoms with E-state index in [4.69, 9.17) is 4.74 Å². The van der Waals surface area contributed by atoms with Crippen LogP contribution in [-0.2, 0) is 14.3 Å². The van der Waals surface area contributed by atoms with E-state index in [2.05, 4.69) is 10.6 Å². The van der Waals surface area contributed by atoms with Crippen LogP contribution in [0.2, 0.25) is 0 Å². The second-order valence-electron chi connectivity index (χ2n) is 7.52. The first-order chi connectivity index (χ1) is 12.3. The zero-order valence-electron chi connectivity index (χ0n) is 16.2. The first kappa shape index (κ1) is 20.5. The Morgan fingerprint density at radius 2 is 1.81 bits per heavy atom. The van der Waals surface area contributed by atoms with Crippen molar-refractivity contribution >= 4 is 17.8 Å². The molecule has 26 heavy (non-hydrogen) atoms. The van der Waals surface area contributed by atoms with Crippen LogP contribution in [0.15, 0.2) is 0 Å². The molecule has 4 amide bonds. The summed E-state index contributed by atoms with van der Waals surface area (Å²) >= 11 is 0. The van der Waals surface area contributed by atoms with Crippen LogP contribution in [0.25, 0.3) is 0 Å². The molecule has 2 rings (SSSR count). The van der Waals surface area contributed by atoms with Crippen molar-refractivity contribution in [2.24, 2.45) is 0 Å². The third-order valence-corrected chi connectivity index (χ3v) is 4.92. The summed E-state index contributed by atoms with van der Waals surface area (Å²) in [5, 5.41) is 5.64. The van der Waals surface area contributed by atoms with Crippen LogP contribution in [0.5, 0.6) is 0 Å². The summed E-state index contributed by atoms with van der Waals surface area (Å²) in [4.78, 5) is 39.1. The van der Waals surface area contributed by atoms with Gasteiger partial charge in [0.2, 0.25) is 11.8 Å². The number of piperidine rings is 1. The van der Waals surface area contributed by atoms with Crippen molar-refractivity contribution in [2.75, 3.05) is 39.3 Å². The Hall–Kier alpha value is -1.83. The van der Waals surface area contributed by atoms with Crippen LogP contribution in [0.3, 0.4) is 0 Å². The van der Waals surface area contributed by atoms with Gasteiger partial charge in [-0.25, -0.2) is 4.79 Å². The van der Waals surface area contributed by atoms with Crippen molar-refractivity contribution in [1.82, 2.24) is 20.4 Å². The maximum Gasteiger partial charge on any atom is 0.317 e. The summed E-state index contributed by atoms with van der Waals surface area (Å²) in [5.41, 5.74) is -0.334. The van der Waals surface area contributed by atoms with Crippen LogP contribution >= 0.6 is 0 Å². The molecule has 0 unspecified atom stereocenters. The number of hydrogen-bond donors (Lipinski definition) is 2. The Morgan fingerprint density at radius 1 is 1.12 bits per heavy atom. The van der Waals surface area contributed by atoms with Crippen LogP contribution in [0.4, 0.5) is 4.79 Å². The van der Waals surface area contributed by atoms with Crippen molar-refractivity contribution in [2.45, 2.75) is 58.1 Å². The largest absolute Gasteiger partial charge is 0.371 e. The highest BCUT2D eigenvalue weighted by Gasteiger charge is 2.41. The summed E-state index contributed by atoms with van der Waals surface area (Å²) in [6.45, 7) is 8.92.